The lowest BCUT2D eigenvalue weighted by molar-refractivity contribution is 0.623. The minimum atomic E-state index is -0.187. The fourth-order valence-electron chi connectivity index (χ4n) is 1.24. The Morgan fingerprint density at radius 3 is 2.62 bits per heavy atom. The minimum Gasteiger partial charge on any atom is -0.206 e. The van der Waals surface area contributed by atoms with E-state index in [4.69, 9.17) is 0 Å². The van der Waals surface area contributed by atoms with Gasteiger partial charge in [-0.2, -0.15) is 0 Å². The van der Waals surface area contributed by atoms with E-state index in [1.54, 1.807) is 12.1 Å². The molecule has 1 heteroatoms. The molecule has 0 heterocycles. The topological polar surface area (TPSA) is 0 Å². The van der Waals surface area contributed by atoms with Gasteiger partial charge < -0.3 is 0 Å². The van der Waals surface area contributed by atoms with E-state index in [1.165, 1.54) is 6.07 Å². The summed E-state index contributed by atoms with van der Waals surface area (Å²) in [4.78, 5) is 0. The first-order valence-corrected chi connectivity index (χ1v) is 4.24. The third-order valence-corrected chi connectivity index (χ3v) is 1.97. The summed E-state index contributed by atoms with van der Waals surface area (Å²) < 4.78 is 13.4. The highest BCUT2D eigenvalue weighted by Crippen LogP contribution is 2.19. The molecule has 0 amide bonds. The second kappa shape index (κ2) is 4.04. The molecule has 0 saturated heterocycles. The van der Waals surface area contributed by atoms with Gasteiger partial charge in [-0.1, -0.05) is 30.9 Å². The second-order valence-corrected chi connectivity index (χ2v) is 2.93. The van der Waals surface area contributed by atoms with Crippen LogP contribution in [-0.4, -0.2) is 0 Å². The molecule has 1 aromatic carbocycles. The van der Waals surface area contributed by atoms with Gasteiger partial charge in [0.05, 0.1) is 0 Å². The van der Waals surface area contributed by atoms with E-state index in [2.05, 4.69) is 6.58 Å². The molecule has 68 valence electrons. The third-order valence-electron chi connectivity index (χ3n) is 1.97. The van der Waals surface area contributed by atoms with Crippen LogP contribution < -0.4 is 0 Å². The SMILES string of the molecule is C=C/C(=C\C)c1ccc(C)cc1F. The van der Waals surface area contributed by atoms with E-state index in [-0.39, 0.29) is 5.82 Å². The molecule has 0 bridgehead atoms. The predicted octanol–water partition coefficient (Wildman–Crippen LogP) is 3.72. The Labute approximate surface area is 78.4 Å². The first-order chi connectivity index (χ1) is 6.19. The molecule has 1 rings (SSSR count). The van der Waals surface area contributed by atoms with Gasteiger partial charge in [0.1, 0.15) is 5.82 Å². The number of benzene rings is 1. The predicted molar refractivity (Wildman–Crippen MR) is 55.0 cm³/mol. The van der Waals surface area contributed by atoms with E-state index >= 15 is 0 Å². The van der Waals surface area contributed by atoms with Gasteiger partial charge in [0.25, 0.3) is 0 Å². The quantitative estimate of drug-likeness (QED) is 0.602. The van der Waals surface area contributed by atoms with E-state index in [0.717, 1.165) is 11.1 Å². The van der Waals surface area contributed by atoms with Crippen molar-refractivity contribution < 1.29 is 4.39 Å². The molecule has 13 heavy (non-hydrogen) atoms. The van der Waals surface area contributed by atoms with Crippen molar-refractivity contribution in [1.82, 2.24) is 0 Å². The third kappa shape index (κ3) is 2.05. The monoisotopic (exact) mass is 176 g/mol. The summed E-state index contributed by atoms with van der Waals surface area (Å²) in [6.07, 6.45) is 3.51. The highest BCUT2D eigenvalue weighted by atomic mass is 19.1. The number of allylic oxidation sites excluding steroid dienone is 3. The zero-order valence-electron chi connectivity index (χ0n) is 7.97. The molecule has 0 aromatic heterocycles. The summed E-state index contributed by atoms with van der Waals surface area (Å²) in [6.45, 7) is 7.38. The summed E-state index contributed by atoms with van der Waals surface area (Å²) in [5.74, 6) is -0.187. The zero-order valence-corrected chi connectivity index (χ0v) is 7.97. The van der Waals surface area contributed by atoms with E-state index in [9.17, 15) is 4.39 Å². The van der Waals surface area contributed by atoms with Gasteiger partial charge in [-0.05, 0) is 31.1 Å². The second-order valence-electron chi connectivity index (χ2n) is 2.93. The zero-order chi connectivity index (χ0) is 9.84. The lowest BCUT2D eigenvalue weighted by Gasteiger charge is -2.03. The molecular weight excluding hydrogens is 163 g/mol. The smallest absolute Gasteiger partial charge is 0.131 e. The fraction of sp³-hybridized carbons (Fsp3) is 0.167. The Bertz CT molecular complexity index is 348. The van der Waals surface area contributed by atoms with Crippen molar-refractivity contribution in [3.8, 4) is 0 Å². The molecule has 0 spiro atoms. The van der Waals surface area contributed by atoms with Crippen molar-refractivity contribution in [3.05, 3.63) is 53.9 Å². The van der Waals surface area contributed by atoms with Gasteiger partial charge in [-0.25, -0.2) is 4.39 Å². The average molecular weight is 176 g/mol. The summed E-state index contributed by atoms with van der Waals surface area (Å²) in [7, 11) is 0. The van der Waals surface area contributed by atoms with Crippen LogP contribution in [0.3, 0.4) is 0 Å². The maximum absolute atomic E-state index is 13.4. The lowest BCUT2D eigenvalue weighted by atomic mass is 10.0. The molecule has 0 unspecified atom stereocenters. The minimum absolute atomic E-state index is 0.187. The first kappa shape index (κ1) is 9.72. The van der Waals surface area contributed by atoms with E-state index < -0.39 is 0 Å². The normalized spacial score (nSPS) is 11.5. The standard InChI is InChI=1S/C12H13F/c1-4-10(5-2)11-7-6-9(3)8-12(11)13/h4-8H,1H2,2-3H3/b10-5+. The Kier molecular flexibility index (Phi) is 3.02. The van der Waals surface area contributed by atoms with Crippen LogP contribution in [0, 0.1) is 12.7 Å². The molecule has 0 N–H and O–H groups in total. The first-order valence-electron chi connectivity index (χ1n) is 4.24. The number of aryl methyl sites for hydroxylation is 1. The van der Waals surface area contributed by atoms with Crippen LogP contribution in [-0.2, 0) is 0 Å². The Morgan fingerprint density at radius 2 is 2.15 bits per heavy atom. The van der Waals surface area contributed by atoms with Crippen molar-refractivity contribution in [3.63, 3.8) is 0 Å². The van der Waals surface area contributed by atoms with Crippen molar-refractivity contribution >= 4 is 5.57 Å². The Hall–Kier alpha value is -1.37. The molecule has 1 aromatic rings. The van der Waals surface area contributed by atoms with Gasteiger partial charge >= 0.3 is 0 Å². The molecule has 0 nitrogen and oxygen atoms in total. The summed E-state index contributed by atoms with van der Waals surface area (Å²) in [5.41, 5.74) is 2.38. The summed E-state index contributed by atoms with van der Waals surface area (Å²) in [6, 6.07) is 5.20. The Morgan fingerprint density at radius 1 is 1.46 bits per heavy atom. The van der Waals surface area contributed by atoms with Gasteiger partial charge in [-0.3, -0.25) is 0 Å². The van der Waals surface area contributed by atoms with Gasteiger partial charge in [0.2, 0.25) is 0 Å². The maximum Gasteiger partial charge on any atom is 0.131 e. The highest BCUT2D eigenvalue weighted by molar-refractivity contribution is 5.73. The average Bonchev–Trinajstić information content (AvgIpc) is 2.10. The van der Waals surface area contributed by atoms with Gasteiger partial charge in [0.15, 0.2) is 0 Å². The fourth-order valence-corrected chi connectivity index (χ4v) is 1.24. The van der Waals surface area contributed by atoms with Crippen LogP contribution in [0.4, 0.5) is 4.39 Å². The Balaban J connectivity index is 3.22. The molecule has 0 aliphatic carbocycles. The van der Waals surface area contributed by atoms with Crippen molar-refractivity contribution in [1.29, 1.82) is 0 Å². The van der Waals surface area contributed by atoms with Gasteiger partial charge in [-0.15, -0.1) is 0 Å². The van der Waals surface area contributed by atoms with Crippen LogP contribution in [0.5, 0.6) is 0 Å². The van der Waals surface area contributed by atoms with Crippen molar-refractivity contribution in [2.24, 2.45) is 0 Å². The molecule has 0 fully saturated rings. The molecule has 0 aliphatic heterocycles. The van der Waals surface area contributed by atoms with E-state index in [1.807, 2.05) is 26.0 Å². The summed E-state index contributed by atoms with van der Waals surface area (Å²) >= 11 is 0. The van der Waals surface area contributed by atoms with Crippen LogP contribution in [0.25, 0.3) is 5.57 Å². The van der Waals surface area contributed by atoms with Crippen LogP contribution in [0.15, 0.2) is 36.9 Å². The number of hydrogen-bond acceptors (Lipinski definition) is 0. The van der Waals surface area contributed by atoms with Gasteiger partial charge in [0, 0.05) is 5.56 Å². The van der Waals surface area contributed by atoms with E-state index in [0.29, 0.717) is 5.56 Å². The largest absolute Gasteiger partial charge is 0.206 e. The summed E-state index contributed by atoms with van der Waals surface area (Å²) in [5, 5.41) is 0. The molecular formula is C12H13F. The van der Waals surface area contributed by atoms with Crippen LogP contribution in [0.2, 0.25) is 0 Å². The number of rotatable bonds is 2. The highest BCUT2D eigenvalue weighted by Gasteiger charge is 2.03. The lowest BCUT2D eigenvalue weighted by Crippen LogP contribution is -1.88. The molecule has 0 saturated carbocycles. The van der Waals surface area contributed by atoms with Crippen LogP contribution in [0.1, 0.15) is 18.1 Å². The van der Waals surface area contributed by atoms with Crippen LogP contribution >= 0.6 is 0 Å². The molecule has 0 atom stereocenters. The number of halogens is 1. The molecule has 0 radical (unpaired) electrons. The van der Waals surface area contributed by atoms with Crippen molar-refractivity contribution in [2.75, 3.05) is 0 Å². The number of hydrogen-bond donors (Lipinski definition) is 0. The maximum atomic E-state index is 13.4. The molecule has 0 aliphatic rings. The van der Waals surface area contributed by atoms with Crippen molar-refractivity contribution in [2.45, 2.75) is 13.8 Å².